The van der Waals surface area contributed by atoms with Crippen LogP contribution >= 0.6 is 0 Å². The molecule has 25 heavy (non-hydrogen) atoms. The summed E-state index contributed by atoms with van der Waals surface area (Å²) in [7, 11) is 0. The van der Waals surface area contributed by atoms with Crippen LogP contribution in [0.25, 0.3) is 22.3 Å². The van der Waals surface area contributed by atoms with Crippen molar-refractivity contribution in [2.45, 2.75) is 38.5 Å². The fourth-order valence-electron chi connectivity index (χ4n) is 3.27. The Kier molecular flexibility index (Phi) is 4.15. The summed E-state index contributed by atoms with van der Waals surface area (Å²) in [5.74, 6) is 0.185. The number of aliphatic hydroxyl groups excluding tert-OH is 1. The van der Waals surface area contributed by atoms with E-state index in [9.17, 15) is 10.2 Å². The molecule has 1 aliphatic heterocycles. The molecule has 0 bridgehead atoms. The van der Waals surface area contributed by atoms with E-state index in [0.29, 0.717) is 17.1 Å². The largest absolute Gasteiger partial charge is 0.508 e. The number of benzene rings is 1. The van der Waals surface area contributed by atoms with Crippen molar-refractivity contribution in [3.05, 3.63) is 42.1 Å². The third-order valence-corrected chi connectivity index (χ3v) is 4.56. The third-order valence-electron chi connectivity index (χ3n) is 4.56. The maximum absolute atomic E-state index is 9.94. The molecule has 2 aromatic heterocycles. The predicted octanol–water partition coefficient (Wildman–Crippen LogP) is 3.56. The molecule has 0 aliphatic carbocycles. The van der Waals surface area contributed by atoms with Gasteiger partial charge in [-0.1, -0.05) is 6.07 Å². The standard InChI is InChI=1S/C19H21N3O3/c1-12(23)15-5-4-6-16(20-15)19-14-11-13(24)8-9-17(14)22(21-19)18-7-2-3-10-25-18/h4-6,8-9,11-12,18,23-24H,2-3,7,10H2,1H3. The number of pyridine rings is 1. The van der Waals surface area contributed by atoms with Crippen molar-refractivity contribution in [1.29, 1.82) is 0 Å². The molecule has 4 rings (SSSR count). The lowest BCUT2D eigenvalue weighted by atomic mass is 10.1. The summed E-state index contributed by atoms with van der Waals surface area (Å²) in [6, 6.07) is 10.7. The van der Waals surface area contributed by atoms with Crippen molar-refractivity contribution >= 4 is 10.9 Å². The first kappa shape index (κ1) is 16.1. The van der Waals surface area contributed by atoms with E-state index in [1.807, 2.05) is 22.9 Å². The number of aliphatic hydroxyl groups is 1. The van der Waals surface area contributed by atoms with Crippen molar-refractivity contribution in [2.75, 3.05) is 6.61 Å². The molecule has 2 N–H and O–H groups in total. The maximum Gasteiger partial charge on any atom is 0.150 e. The Morgan fingerprint density at radius 1 is 1.24 bits per heavy atom. The Balaban J connectivity index is 1.88. The van der Waals surface area contributed by atoms with E-state index in [4.69, 9.17) is 9.84 Å². The first-order valence-corrected chi connectivity index (χ1v) is 8.62. The van der Waals surface area contributed by atoms with Crippen molar-refractivity contribution in [3.63, 3.8) is 0 Å². The van der Waals surface area contributed by atoms with Crippen LogP contribution in [0.4, 0.5) is 0 Å². The van der Waals surface area contributed by atoms with Crippen molar-refractivity contribution in [2.24, 2.45) is 0 Å². The molecule has 3 heterocycles. The summed E-state index contributed by atoms with van der Waals surface area (Å²) in [5, 5.41) is 25.3. The van der Waals surface area contributed by atoms with Crippen LogP contribution in [0.5, 0.6) is 5.75 Å². The molecule has 0 saturated carbocycles. The monoisotopic (exact) mass is 339 g/mol. The quantitative estimate of drug-likeness (QED) is 0.763. The molecule has 6 heteroatoms. The number of nitrogens with zero attached hydrogens (tertiary/aromatic N) is 3. The van der Waals surface area contributed by atoms with Crippen LogP contribution < -0.4 is 0 Å². The van der Waals surface area contributed by atoms with Crippen LogP contribution in [-0.2, 0) is 4.74 Å². The third kappa shape index (κ3) is 2.99. The zero-order valence-corrected chi connectivity index (χ0v) is 14.1. The zero-order valence-electron chi connectivity index (χ0n) is 14.1. The van der Waals surface area contributed by atoms with Gasteiger partial charge in [-0.3, -0.25) is 0 Å². The fraction of sp³-hybridized carbons (Fsp3) is 0.368. The lowest BCUT2D eigenvalue weighted by Gasteiger charge is -2.23. The molecule has 6 nitrogen and oxygen atoms in total. The minimum atomic E-state index is -0.650. The van der Waals surface area contributed by atoms with E-state index >= 15 is 0 Å². The lowest BCUT2D eigenvalue weighted by Crippen LogP contribution is -2.19. The highest BCUT2D eigenvalue weighted by Crippen LogP contribution is 2.34. The number of hydrogen-bond acceptors (Lipinski definition) is 5. The number of aromatic hydroxyl groups is 1. The molecule has 0 radical (unpaired) electrons. The zero-order chi connectivity index (χ0) is 17.4. The molecule has 2 atom stereocenters. The molecule has 2 unspecified atom stereocenters. The second kappa shape index (κ2) is 6.46. The van der Waals surface area contributed by atoms with Crippen LogP contribution in [0.1, 0.15) is 44.2 Å². The summed E-state index contributed by atoms with van der Waals surface area (Å²) >= 11 is 0. The second-order valence-corrected chi connectivity index (χ2v) is 6.44. The maximum atomic E-state index is 9.94. The number of aromatic nitrogens is 3. The highest BCUT2D eigenvalue weighted by molar-refractivity contribution is 5.93. The Labute approximate surface area is 145 Å². The average molecular weight is 339 g/mol. The van der Waals surface area contributed by atoms with Gasteiger partial charge in [0.25, 0.3) is 0 Å². The topological polar surface area (TPSA) is 80.4 Å². The SMILES string of the molecule is CC(O)c1cccc(-c2nn(C3CCCCO3)c3ccc(O)cc23)n1. The Morgan fingerprint density at radius 3 is 2.88 bits per heavy atom. The van der Waals surface area contributed by atoms with Crippen molar-refractivity contribution < 1.29 is 14.9 Å². The summed E-state index contributed by atoms with van der Waals surface area (Å²) in [6.45, 7) is 2.42. The first-order chi connectivity index (χ1) is 12.1. The van der Waals surface area contributed by atoms with Crippen LogP contribution in [0, 0.1) is 0 Å². The highest BCUT2D eigenvalue weighted by Gasteiger charge is 2.22. The normalized spacial score (nSPS) is 19.2. The molecule has 1 aromatic carbocycles. The predicted molar refractivity (Wildman–Crippen MR) is 94.1 cm³/mol. The molecule has 1 fully saturated rings. The molecule has 0 amide bonds. The van der Waals surface area contributed by atoms with Crippen LogP contribution in [-0.4, -0.2) is 31.6 Å². The fourth-order valence-corrected chi connectivity index (χ4v) is 3.27. The van der Waals surface area contributed by atoms with Gasteiger partial charge in [-0.15, -0.1) is 0 Å². The van der Waals surface area contributed by atoms with Gasteiger partial charge in [0.2, 0.25) is 0 Å². The van der Waals surface area contributed by atoms with Crippen molar-refractivity contribution in [1.82, 2.24) is 14.8 Å². The van der Waals surface area contributed by atoms with E-state index < -0.39 is 6.10 Å². The first-order valence-electron chi connectivity index (χ1n) is 8.62. The Hall–Kier alpha value is -2.44. The van der Waals surface area contributed by atoms with Gasteiger partial charge in [-0.2, -0.15) is 5.10 Å². The summed E-state index contributed by atoms with van der Waals surface area (Å²) in [6.07, 6.45) is 2.34. The molecule has 1 saturated heterocycles. The van der Waals surface area contributed by atoms with Crippen LogP contribution in [0.2, 0.25) is 0 Å². The van der Waals surface area contributed by atoms with Crippen molar-refractivity contribution in [3.8, 4) is 17.1 Å². The van der Waals surface area contributed by atoms with E-state index in [1.165, 1.54) is 0 Å². The van der Waals surface area contributed by atoms with E-state index in [0.717, 1.165) is 36.8 Å². The lowest BCUT2D eigenvalue weighted by molar-refractivity contribution is -0.0365. The van der Waals surface area contributed by atoms with Gasteiger partial charge in [-0.05, 0) is 56.5 Å². The number of phenolic OH excluding ortho intramolecular Hbond substituents is 1. The molecule has 130 valence electrons. The summed E-state index contributed by atoms with van der Waals surface area (Å²) in [5.41, 5.74) is 2.85. The number of ether oxygens (including phenoxy) is 1. The minimum Gasteiger partial charge on any atom is -0.508 e. The summed E-state index contributed by atoms with van der Waals surface area (Å²) < 4.78 is 7.78. The molecular weight excluding hydrogens is 318 g/mol. The molecular formula is C19H21N3O3. The number of hydrogen-bond donors (Lipinski definition) is 2. The van der Waals surface area contributed by atoms with Gasteiger partial charge in [0.1, 0.15) is 11.4 Å². The van der Waals surface area contributed by atoms with Crippen LogP contribution in [0.3, 0.4) is 0 Å². The highest BCUT2D eigenvalue weighted by atomic mass is 16.5. The van der Waals surface area contributed by atoms with Gasteiger partial charge in [0.05, 0.1) is 23.0 Å². The summed E-state index contributed by atoms with van der Waals surface area (Å²) in [4.78, 5) is 4.53. The van der Waals surface area contributed by atoms with Gasteiger partial charge in [-0.25, -0.2) is 9.67 Å². The van der Waals surface area contributed by atoms with Gasteiger partial charge < -0.3 is 14.9 Å². The van der Waals surface area contributed by atoms with Crippen LogP contribution in [0.15, 0.2) is 36.4 Å². The molecule has 1 aliphatic rings. The smallest absolute Gasteiger partial charge is 0.150 e. The van der Waals surface area contributed by atoms with Gasteiger partial charge >= 0.3 is 0 Å². The molecule has 3 aromatic rings. The molecule has 0 spiro atoms. The number of fused-ring (bicyclic) bond motifs is 1. The number of phenols is 1. The second-order valence-electron chi connectivity index (χ2n) is 6.44. The van der Waals surface area contributed by atoms with Gasteiger partial charge in [0, 0.05) is 12.0 Å². The van der Waals surface area contributed by atoms with Gasteiger partial charge in [0.15, 0.2) is 6.23 Å². The Morgan fingerprint density at radius 2 is 2.12 bits per heavy atom. The Bertz CT molecular complexity index is 898. The number of rotatable bonds is 3. The van der Waals surface area contributed by atoms with E-state index in [1.54, 1.807) is 25.1 Å². The average Bonchev–Trinajstić information content (AvgIpc) is 3.01. The van der Waals surface area contributed by atoms with E-state index in [-0.39, 0.29) is 12.0 Å². The minimum absolute atomic E-state index is 0.102. The van der Waals surface area contributed by atoms with E-state index in [2.05, 4.69) is 4.98 Å².